The van der Waals surface area contributed by atoms with Crippen molar-refractivity contribution in [2.75, 3.05) is 6.61 Å². The van der Waals surface area contributed by atoms with Crippen molar-refractivity contribution in [3.05, 3.63) is 24.0 Å². The number of aryl methyl sites for hydroxylation is 1. The summed E-state index contributed by atoms with van der Waals surface area (Å²) in [6, 6.07) is 4.30. The van der Waals surface area contributed by atoms with Gasteiger partial charge in [-0.15, -0.1) is 0 Å². The van der Waals surface area contributed by atoms with Crippen LogP contribution in [0.5, 0.6) is 0 Å². The first-order chi connectivity index (χ1) is 6.65. The molecule has 1 unspecified atom stereocenters. The van der Waals surface area contributed by atoms with Crippen LogP contribution in [0.15, 0.2) is 18.3 Å². The third-order valence-electron chi connectivity index (χ3n) is 2.60. The summed E-state index contributed by atoms with van der Waals surface area (Å²) in [5.41, 5.74) is 1.24. The van der Waals surface area contributed by atoms with Crippen LogP contribution in [-0.4, -0.2) is 22.3 Å². The summed E-state index contributed by atoms with van der Waals surface area (Å²) in [7, 11) is 2.03. The first-order valence-electron chi connectivity index (χ1n) is 5.09. The molecule has 0 radical (unpaired) electrons. The van der Waals surface area contributed by atoms with Crippen molar-refractivity contribution >= 4 is 0 Å². The average Bonchev–Trinajstić information content (AvgIpc) is 2.52. The Morgan fingerprint density at radius 2 is 2.21 bits per heavy atom. The summed E-state index contributed by atoms with van der Waals surface area (Å²) in [5.74, 6) is 0.459. The van der Waals surface area contributed by atoms with E-state index in [9.17, 15) is 0 Å². The summed E-state index contributed by atoms with van der Waals surface area (Å²) < 4.78 is 2.09. The lowest BCUT2D eigenvalue weighted by Gasteiger charge is -2.20. The minimum atomic E-state index is 0.185. The first kappa shape index (κ1) is 11.3. The maximum Gasteiger partial charge on any atom is 0.0587 e. The van der Waals surface area contributed by atoms with E-state index in [4.69, 9.17) is 5.11 Å². The van der Waals surface area contributed by atoms with Gasteiger partial charge in [-0.05, 0) is 18.1 Å². The third kappa shape index (κ3) is 2.86. The third-order valence-corrected chi connectivity index (χ3v) is 2.60. The van der Waals surface area contributed by atoms with Crippen LogP contribution in [0.2, 0.25) is 0 Å². The molecule has 0 aromatic carbocycles. The second-order valence-corrected chi connectivity index (χ2v) is 4.02. The number of rotatable bonds is 5. The Hall–Kier alpha value is -0.800. The number of aromatic nitrogens is 1. The molecule has 0 spiro atoms. The molecule has 1 atom stereocenters. The zero-order chi connectivity index (χ0) is 10.6. The van der Waals surface area contributed by atoms with E-state index < -0.39 is 0 Å². The van der Waals surface area contributed by atoms with Crippen LogP contribution in [0, 0.1) is 5.92 Å². The molecule has 1 aromatic rings. The van der Waals surface area contributed by atoms with Crippen LogP contribution in [0.25, 0.3) is 0 Å². The molecule has 0 aliphatic rings. The quantitative estimate of drug-likeness (QED) is 0.741. The van der Waals surface area contributed by atoms with Crippen molar-refractivity contribution in [1.82, 2.24) is 9.88 Å². The summed E-state index contributed by atoms with van der Waals surface area (Å²) in [6.45, 7) is 5.23. The Morgan fingerprint density at radius 3 is 2.64 bits per heavy atom. The zero-order valence-electron chi connectivity index (χ0n) is 9.20. The summed E-state index contributed by atoms with van der Waals surface area (Å²) in [6.07, 6.45) is 2.03. The van der Waals surface area contributed by atoms with Gasteiger partial charge in [-0.2, -0.15) is 0 Å². The number of hydrogen-bond donors (Lipinski definition) is 2. The van der Waals surface area contributed by atoms with Crippen molar-refractivity contribution in [2.45, 2.75) is 26.4 Å². The summed E-state index contributed by atoms with van der Waals surface area (Å²) in [5, 5.41) is 12.5. The molecular weight excluding hydrogens is 176 g/mol. The SMILES string of the molecule is CC(C)C(CO)NCc1cccn1C. The molecule has 3 nitrogen and oxygen atoms in total. The van der Waals surface area contributed by atoms with Crippen LogP contribution >= 0.6 is 0 Å². The van der Waals surface area contributed by atoms with Gasteiger partial charge in [-0.1, -0.05) is 13.8 Å². The minimum absolute atomic E-state index is 0.185. The molecule has 0 amide bonds. The molecule has 0 aliphatic heterocycles. The van der Waals surface area contributed by atoms with Gasteiger partial charge in [0.2, 0.25) is 0 Å². The van der Waals surface area contributed by atoms with Crippen molar-refractivity contribution in [3.8, 4) is 0 Å². The van der Waals surface area contributed by atoms with E-state index in [1.54, 1.807) is 0 Å². The molecule has 80 valence electrons. The smallest absolute Gasteiger partial charge is 0.0587 e. The highest BCUT2D eigenvalue weighted by molar-refractivity contribution is 5.06. The van der Waals surface area contributed by atoms with Gasteiger partial charge in [-0.25, -0.2) is 0 Å². The van der Waals surface area contributed by atoms with E-state index in [1.807, 2.05) is 19.3 Å². The Bertz CT molecular complexity index is 268. The summed E-state index contributed by atoms with van der Waals surface area (Å²) >= 11 is 0. The van der Waals surface area contributed by atoms with Gasteiger partial charge in [0.05, 0.1) is 6.61 Å². The first-order valence-corrected chi connectivity index (χ1v) is 5.09. The molecule has 1 heterocycles. The fourth-order valence-corrected chi connectivity index (χ4v) is 1.43. The number of nitrogens with zero attached hydrogens (tertiary/aromatic N) is 1. The number of hydrogen-bond acceptors (Lipinski definition) is 2. The van der Waals surface area contributed by atoms with Crippen molar-refractivity contribution in [3.63, 3.8) is 0 Å². The molecule has 14 heavy (non-hydrogen) atoms. The molecule has 1 aromatic heterocycles. The van der Waals surface area contributed by atoms with Gasteiger partial charge in [-0.3, -0.25) is 0 Å². The maximum absolute atomic E-state index is 9.13. The Labute approximate surface area is 85.7 Å². The van der Waals surface area contributed by atoms with Crippen LogP contribution in [0.1, 0.15) is 19.5 Å². The Balaban J connectivity index is 2.43. The molecule has 0 fully saturated rings. The predicted molar refractivity (Wildman–Crippen MR) is 58.0 cm³/mol. The molecule has 0 aliphatic carbocycles. The molecule has 0 bridgehead atoms. The van der Waals surface area contributed by atoms with E-state index in [0.717, 1.165) is 6.54 Å². The van der Waals surface area contributed by atoms with Gasteiger partial charge in [0.25, 0.3) is 0 Å². The van der Waals surface area contributed by atoms with E-state index >= 15 is 0 Å². The molecule has 3 heteroatoms. The van der Waals surface area contributed by atoms with E-state index in [1.165, 1.54) is 5.69 Å². The second kappa shape index (κ2) is 5.17. The summed E-state index contributed by atoms with van der Waals surface area (Å²) in [4.78, 5) is 0. The topological polar surface area (TPSA) is 37.2 Å². The van der Waals surface area contributed by atoms with Crippen molar-refractivity contribution in [2.24, 2.45) is 13.0 Å². The normalized spacial score (nSPS) is 13.5. The molecule has 2 N–H and O–H groups in total. The molecule has 0 saturated carbocycles. The van der Waals surface area contributed by atoms with Gasteiger partial charge in [0.15, 0.2) is 0 Å². The van der Waals surface area contributed by atoms with Gasteiger partial charge in [0.1, 0.15) is 0 Å². The number of aliphatic hydroxyl groups excluding tert-OH is 1. The van der Waals surface area contributed by atoms with Crippen LogP contribution in [-0.2, 0) is 13.6 Å². The lowest BCUT2D eigenvalue weighted by molar-refractivity contribution is 0.209. The van der Waals surface area contributed by atoms with Crippen LogP contribution in [0.4, 0.5) is 0 Å². The van der Waals surface area contributed by atoms with Crippen molar-refractivity contribution in [1.29, 1.82) is 0 Å². The molecule has 1 rings (SSSR count). The number of nitrogens with one attached hydrogen (secondary N) is 1. The largest absolute Gasteiger partial charge is 0.395 e. The van der Waals surface area contributed by atoms with Gasteiger partial charge < -0.3 is 15.0 Å². The highest BCUT2D eigenvalue weighted by Crippen LogP contribution is 2.04. The van der Waals surface area contributed by atoms with Gasteiger partial charge >= 0.3 is 0 Å². The number of aliphatic hydroxyl groups is 1. The fraction of sp³-hybridized carbons (Fsp3) is 0.636. The lowest BCUT2D eigenvalue weighted by atomic mass is 10.1. The average molecular weight is 196 g/mol. The lowest BCUT2D eigenvalue weighted by Crippen LogP contribution is -2.36. The zero-order valence-corrected chi connectivity index (χ0v) is 9.20. The van der Waals surface area contributed by atoms with E-state index in [-0.39, 0.29) is 12.6 Å². The Kier molecular flexibility index (Phi) is 4.17. The Morgan fingerprint density at radius 1 is 1.50 bits per heavy atom. The highest BCUT2D eigenvalue weighted by Gasteiger charge is 2.11. The fourth-order valence-electron chi connectivity index (χ4n) is 1.43. The maximum atomic E-state index is 9.13. The van der Waals surface area contributed by atoms with Crippen LogP contribution < -0.4 is 5.32 Å². The van der Waals surface area contributed by atoms with Crippen molar-refractivity contribution < 1.29 is 5.11 Å². The molecular formula is C11H20N2O. The van der Waals surface area contributed by atoms with Crippen LogP contribution in [0.3, 0.4) is 0 Å². The second-order valence-electron chi connectivity index (χ2n) is 4.02. The van der Waals surface area contributed by atoms with E-state index in [0.29, 0.717) is 5.92 Å². The molecule has 0 saturated heterocycles. The standard InChI is InChI=1S/C11H20N2O/c1-9(2)11(8-14)12-7-10-5-4-6-13(10)3/h4-6,9,11-12,14H,7-8H2,1-3H3. The highest BCUT2D eigenvalue weighted by atomic mass is 16.3. The monoisotopic (exact) mass is 196 g/mol. The minimum Gasteiger partial charge on any atom is -0.395 e. The predicted octanol–water partition coefficient (Wildman–Crippen LogP) is 1.13. The van der Waals surface area contributed by atoms with E-state index in [2.05, 4.69) is 29.8 Å². The van der Waals surface area contributed by atoms with Gasteiger partial charge in [0, 0.05) is 31.5 Å².